The first-order valence-corrected chi connectivity index (χ1v) is 6.22. The van der Waals surface area contributed by atoms with Crippen LogP contribution in [0.4, 0.5) is 0 Å². The minimum absolute atomic E-state index is 0.0396. The van der Waals surface area contributed by atoms with Gasteiger partial charge in [0.05, 0.1) is 5.41 Å². The Labute approximate surface area is 98.9 Å². The molecule has 1 fully saturated rings. The molecular formula is C13H25NO2. The first-order chi connectivity index (χ1) is 7.28. The third kappa shape index (κ3) is 2.97. The zero-order chi connectivity index (χ0) is 12.4. The van der Waals surface area contributed by atoms with Crippen LogP contribution in [-0.4, -0.2) is 24.7 Å². The van der Waals surface area contributed by atoms with Crippen LogP contribution < -0.4 is 5.32 Å². The number of carbonyl (C=O) groups is 1. The molecule has 1 atom stereocenters. The van der Waals surface area contributed by atoms with Gasteiger partial charge in [-0.1, -0.05) is 13.8 Å². The molecule has 0 bridgehead atoms. The maximum atomic E-state index is 12.3. The van der Waals surface area contributed by atoms with Crippen LogP contribution in [0.15, 0.2) is 0 Å². The van der Waals surface area contributed by atoms with Gasteiger partial charge in [0.1, 0.15) is 5.60 Å². The highest BCUT2D eigenvalue weighted by Crippen LogP contribution is 2.36. The van der Waals surface area contributed by atoms with E-state index in [0.717, 1.165) is 25.9 Å². The van der Waals surface area contributed by atoms with E-state index < -0.39 is 5.60 Å². The van der Waals surface area contributed by atoms with Crippen LogP contribution in [-0.2, 0) is 9.53 Å². The number of nitrogens with one attached hydrogen (secondary N) is 1. The third-order valence-electron chi connectivity index (χ3n) is 3.33. The Balaban J connectivity index is 2.81. The fourth-order valence-electron chi connectivity index (χ4n) is 2.21. The Bertz CT molecular complexity index is 247. The molecule has 1 N–H and O–H groups in total. The Kier molecular flexibility index (Phi) is 4.00. The summed E-state index contributed by atoms with van der Waals surface area (Å²) in [5, 5.41) is 3.32. The van der Waals surface area contributed by atoms with Crippen LogP contribution in [0.3, 0.4) is 0 Å². The minimum Gasteiger partial charge on any atom is -0.459 e. The van der Waals surface area contributed by atoms with Crippen molar-refractivity contribution in [2.45, 2.75) is 53.1 Å². The minimum atomic E-state index is -0.392. The van der Waals surface area contributed by atoms with Gasteiger partial charge in [0.2, 0.25) is 0 Å². The number of ether oxygens (including phenoxy) is 1. The van der Waals surface area contributed by atoms with E-state index in [-0.39, 0.29) is 11.4 Å². The summed E-state index contributed by atoms with van der Waals surface area (Å²) in [5.74, 6) is 0.275. The number of carbonyl (C=O) groups excluding carboxylic acids is 1. The van der Waals surface area contributed by atoms with Crippen LogP contribution in [0.2, 0.25) is 0 Å². The Morgan fingerprint density at radius 2 is 2.00 bits per heavy atom. The fraction of sp³-hybridized carbons (Fsp3) is 0.923. The molecule has 1 heterocycles. The lowest BCUT2D eigenvalue weighted by Crippen LogP contribution is -2.51. The number of piperidine rings is 1. The largest absolute Gasteiger partial charge is 0.459 e. The van der Waals surface area contributed by atoms with Crippen molar-refractivity contribution in [3.05, 3.63) is 0 Å². The lowest BCUT2D eigenvalue weighted by molar-refractivity contribution is -0.172. The SMILES string of the molecule is CC(C)C1(C(=O)OC(C)(C)C)CCCNC1. The molecular weight excluding hydrogens is 202 g/mol. The molecule has 0 aromatic rings. The molecule has 0 aromatic heterocycles. The first kappa shape index (κ1) is 13.5. The third-order valence-corrected chi connectivity index (χ3v) is 3.33. The summed E-state index contributed by atoms with van der Waals surface area (Å²) >= 11 is 0. The normalized spacial score (nSPS) is 26.9. The zero-order valence-electron chi connectivity index (χ0n) is 11.2. The molecule has 3 heteroatoms. The molecule has 16 heavy (non-hydrogen) atoms. The van der Waals surface area contributed by atoms with Gasteiger partial charge in [0.25, 0.3) is 0 Å². The van der Waals surface area contributed by atoms with Crippen molar-refractivity contribution in [2.75, 3.05) is 13.1 Å². The topological polar surface area (TPSA) is 38.3 Å². The second-order valence-corrected chi connectivity index (χ2v) is 6.09. The number of hydrogen-bond donors (Lipinski definition) is 1. The summed E-state index contributed by atoms with van der Waals surface area (Å²) in [7, 11) is 0. The predicted octanol–water partition coefficient (Wildman–Crippen LogP) is 2.35. The maximum Gasteiger partial charge on any atom is 0.314 e. The molecule has 3 nitrogen and oxygen atoms in total. The molecule has 1 saturated heterocycles. The van der Waals surface area contributed by atoms with Crippen molar-refractivity contribution in [3.63, 3.8) is 0 Å². The molecule has 0 aromatic carbocycles. The van der Waals surface area contributed by atoms with Gasteiger partial charge in [0, 0.05) is 6.54 Å². The van der Waals surface area contributed by atoms with Crippen molar-refractivity contribution in [3.8, 4) is 0 Å². The lowest BCUT2D eigenvalue weighted by Gasteiger charge is -2.40. The Hall–Kier alpha value is -0.570. The second kappa shape index (κ2) is 4.74. The second-order valence-electron chi connectivity index (χ2n) is 6.09. The van der Waals surface area contributed by atoms with E-state index in [4.69, 9.17) is 4.74 Å². The highest BCUT2D eigenvalue weighted by atomic mass is 16.6. The van der Waals surface area contributed by atoms with Gasteiger partial charge in [-0.3, -0.25) is 4.79 Å². The molecule has 1 aliphatic heterocycles. The average molecular weight is 227 g/mol. The average Bonchev–Trinajstić information content (AvgIpc) is 2.16. The summed E-state index contributed by atoms with van der Waals surface area (Å²) < 4.78 is 5.56. The van der Waals surface area contributed by atoms with Crippen LogP contribution in [0.25, 0.3) is 0 Å². The summed E-state index contributed by atoms with van der Waals surface area (Å²) in [6, 6.07) is 0. The van der Waals surface area contributed by atoms with E-state index >= 15 is 0 Å². The summed E-state index contributed by atoms with van der Waals surface area (Å²) in [6.07, 6.45) is 1.99. The van der Waals surface area contributed by atoms with Gasteiger partial charge in [-0.15, -0.1) is 0 Å². The van der Waals surface area contributed by atoms with E-state index in [0.29, 0.717) is 5.92 Å². The molecule has 0 amide bonds. The van der Waals surface area contributed by atoms with E-state index in [1.54, 1.807) is 0 Å². The maximum absolute atomic E-state index is 12.3. The van der Waals surface area contributed by atoms with E-state index in [9.17, 15) is 4.79 Å². The molecule has 0 aliphatic carbocycles. The zero-order valence-corrected chi connectivity index (χ0v) is 11.2. The van der Waals surface area contributed by atoms with Gasteiger partial charge in [-0.25, -0.2) is 0 Å². The monoisotopic (exact) mass is 227 g/mol. The Morgan fingerprint density at radius 3 is 2.38 bits per heavy atom. The smallest absolute Gasteiger partial charge is 0.314 e. The summed E-state index contributed by atoms with van der Waals surface area (Å²) in [5.41, 5.74) is -0.720. The standard InChI is InChI=1S/C13H25NO2/c1-10(2)13(7-6-8-14-9-13)11(15)16-12(3,4)5/h10,14H,6-9H2,1-5H3. The van der Waals surface area contributed by atoms with Crippen molar-refractivity contribution < 1.29 is 9.53 Å². The fourth-order valence-corrected chi connectivity index (χ4v) is 2.21. The summed E-state index contributed by atoms with van der Waals surface area (Å²) in [6.45, 7) is 11.8. The predicted molar refractivity (Wildman–Crippen MR) is 65.2 cm³/mol. The van der Waals surface area contributed by atoms with E-state index in [1.165, 1.54) is 0 Å². The van der Waals surface area contributed by atoms with Gasteiger partial charge in [-0.05, 0) is 46.1 Å². The lowest BCUT2D eigenvalue weighted by atomic mass is 9.72. The highest BCUT2D eigenvalue weighted by molar-refractivity contribution is 5.78. The molecule has 0 saturated carbocycles. The van der Waals surface area contributed by atoms with Crippen molar-refractivity contribution in [1.29, 1.82) is 0 Å². The van der Waals surface area contributed by atoms with Crippen LogP contribution in [0.5, 0.6) is 0 Å². The highest BCUT2D eigenvalue weighted by Gasteiger charge is 2.45. The number of esters is 1. The van der Waals surface area contributed by atoms with Crippen molar-refractivity contribution in [2.24, 2.45) is 11.3 Å². The van der Waals surface area contributed by atoms with Crippen molar-refractivity contribution in [1.82, 2.24) is 5.32 Å². The van der Waals surface area contributed by atoms with Crippen LogP contribution >= 0.6 is 0 Å². The van der Waals surface area contributed by atoms with Gasteiger partial charge in [-0.2, -0.15) is 0 Å². The molecule has 1 rings (SSSR count). The molecule has 0 spiro atoms. The molecule has 1 aliphatic rings. The van der Waals surface area contributed by atoms with Gasteiger partial charge in [0.15, 0.2) is 0 Å². The number of hydrogen-bond acceptors (Lipinski definition) is 3. The Morgan fingerprint density at radius 1 is 1.38 bits per heavy atom. The quantitative estimate of drug-likeness (QED) is 0.736. The first-order valence-electron chi connectivity index (χ1n) is 6.22. The van der Waals surface area contributed by atoms with Gasteiger partial charge < -0.3 is 10.1 Å². The van der Waals surface area contributed by atoms with E-state index in [1.807, 2.05) is 20.8 Å². The molecule has 94 valence electrons. The van der Waals surface area contributed by atoms with Gasteiger partial charge >= 0.3 is 5.97 Å². The van der Waals surface area contributed by atoms with E-state index in [2.05, 4.69) is 19.2 Å². The van der Waals surface area contributed by atoms with Crippen LogP contribution in [0, 0.1) is 11.3 Å². The number of rotatable bonds is 2. The molecule has 0 radical (unpaired) electrons. The summed E-state index contributed by atoms with van der Waals surface area (Å²) in [4.78, 5) is 12.3. The van der Waals surface area contributed by atoms with Crippen LogP contribution in [0.1, 0.15) is 47.5 Å². The van der Waals surface area contributed by atoms with Crippen molar-refractivity contribution >= 4 is 5.97 Å². The molecule has 1 unspecified atom stereocenters.